The van der Waals surface area contributed by atoms with Crippen molar-refractivity contribution in [2.75, 3.05) is 33.2 Å². The summed E-state index contributed by atoms with van der Waals surface area (Å²) in [6, 6.07) is 4.06. The maximum absolute atomic E-state index is 5.80. The number of likely N-dealkylation sites (N-methyl/N-ethyl adjacent to an activating group) is 1. The van der Waals surface area contributed by atoms with Gasteiger partial charge in [0, 0.05) is 26.2 Å². The molecule has 0 amide bonds. The second-order valence-electron chi connectivity index (χ2n) is 6.35. The van der Waals surface area contributed by atoms with Crippen molar-refractivity contribution in [3.05, 3.63) is 23.7 Å². The Morgan fingerprint density at radius 3 is 2.47 bits per heavy atom. The van der Waals surface area contributed by atoms with E-state index in [0.717, 1.165) is 44.2 Å². The summed E-state index contributed by atoms with van der Waals surface area (Å²) in [6.07, 6.45) is 0. The number of furan rings is 1. The second-order valence-corrected chi connectivity index (χ2v) is 11.1. The molecule has 0 aliphatic carbocycles. The highest BCUT2D eigenvalue weighted by molar-refractivity contribution is 6.83. The van der Waals surface area contributed by atoms with E-state index in [4.69, 9.17) is 4.42 Å². The maximum atomic E-state index is 5.80. The quantitative estimate of drug-likeness (QED) is 0.610. The van der Waals surface area contributed by atoms with Gasteiger partial charge in [-0.25, -0.2) is 0 Å². The van der Waals surface area contributed by atoms with E-state index in [1.807, 2.05) is 6.07 Å². The molecule has 1 aliphatic heterocycles. The molecule has 1 aromatic rings. The Morgan fingerprint density at radius 2 is 1.84 bits per heavy atom. The van der Waals surface area contributed by atoms with Gasteiger partial charge in [0.25, 0.3) is 0 Å². The molecule has 3 nitrogen and oxygen atoms in total. The average Bonchev–Trinajstić information content (AvgIpc) is 2.77. The van der Waals surface area contributed by atoms with Gasteiger partial charge in [0.1, 0.15) is 13.8 Å². The third kappa shape index (κ3) is 4.87. The van der Waals surface area contributed by atoms with Crippen LogP contribution in [-0.2, 0) is 6.54 Å². The van der Waals surface area contributed by atoms with E-state index in [2.05, 4.69) is 54.0 Å². The van der Waals surface area contributed by atoms with Crippen LogP contribution in [0, 0.1) is 11.5 Å². The van der Waals surface area contributed by atoms with Gasteiger partial charge in [0.15, 0.2) is 5.76 Å². The Morgan fingerprint density at radius 1 is 1.16 bits per heavy atom. The van der Waals surface area contributed by atoms with Crippen LogP contribution in [-0.4, -0.2) is 51.1 Å². The highest BCUT2D eigenvalue weighted by atomic mass is 28.3. The molecule has 1 aliphatic rings. The van der Waals surface area contributed by atoms with Crippen molar-refractivity contribution >= 4 is 8.07 Å². The smallest absolute Gasteiger partial charge is 0.176 e. The van der Waals surface area contributed by atoms with E-state index >= 15 is 0 Å². The Kier molecular flexibility index (Phi) is 4.51. The molecule has 2 heterocycles. The molecular weight excluding hydrogens is 252 g/mol. The molecule has 104 valence electrons. The molecule has 4 heteroatoms. The molecule has 0 aromatic carbocycles. The molecule has 0 spiro atoms. The first-order valence-corrected chi connectivity index (χ1v) is 10.5. The van der Waals surface area contributed by atoms with Crippen molar-refractivity contribution in [3.63, 3.8) is 0 Å². The van der Waals surface area contributed by atoms with E-state index in [1.54, 1.807) is 0 Å². The lowest BCUT2D eigenvalue weighted by Crippen LogP contribution is -2.43. The maximum Gasteiger partial charge on any atom is 0.176 e. The van der Waals surface area contributed by atoms with Gasteiger partial charge in [-0.1, -0.05) is 19.6 Å². The summed E-state index contributed by atoms with van der Waals surface area (Å²) in [5, 5.41) is 0. The third-order valence-corrected chi connectivity index (χ3v) is 4.07. The molecule has 0 unspecified atom stereocenters. The predicted octanol–water partition coefficient (Wildman–Crippen LogP) is 2.26. The number of hydrogen-bond donors (Lipinski definition) is 0. The fourth-order valence-corrected chi connectivity index (χ4v) is 2.50. The zero-order valence-electron chi connectivity index (χ0n) is 12.5. The fourth-order valence-electron chi connectivity index (χ4n) is 2.01. The number of piperazine rings is 1. The molecule has 0 atom stereocenters. The largest absolute Gasteiger partial charge is 0.451 e. The molecule has 0 bridgehead atoms. The van der Waals surface area contributed by atoms with Crippen molar-refractivity contribution in [3.8, 4) is 11.5 Å². The fraction of sp³-hybridized carbons (Fsp3) is 0.600. The van der Waals surface area contributed by atoms with E-state index in [1.165, 1.54) is 0 Å². The van der Waals surface area contributed by atoms with Gasteiger partial charge in [-0.05, 0) is 25.1 Å². The topological polar surface area (TPSA) is 19.6 Å². The van der Waals surface area contributed by atoms with E-state index in [-0.39, 0.29) is 0 Å². The lowest BCUT2D eigenvalue weighted by Gasteiger charge is -2.31. The third-order valence-electron chi connectivity index (χ3n) is 3.20. The Balaban J connectivity index is 1.92. The van der Waals surface area contributed by atoms with Crippen LogP contribution in [0.1, 0.15) is 11.5 Å². The lowest BCUT2D eigenvalue weighted by molar-refractivity contribution is 0.140. The van der Waals surface area contributed by atoms with Gasteiger partial charge >= 0.3 is 0 Å². The minimum Gasteiger partial charge on any atom is -0.451 e. The van der Waals surface area contributed by atoms with Crippen LogP contribution in [0.15, 0.2) is 16.5 Å². The van der Waals surface area contributed by atoms with Crippen LogP contribution in [0.25, 0.3) is 0 Å². The average molecular weight is 276 g/mol. The van der Waals surface area contributed by atoms with Crippen molar-refractivity contribution < 1.29 is 4.42 Å². The lowest BCUT2D eigenvalue weighted by atomic mass is 10.3. The van der Waals surface area contributed by atoms with Gasteiger partial charge in [-0.15, -0.1) is 5.54 Å². The van der Waals surface area contributed by atoms with Gasteiger partial charge in [-0.3, -0.25) is 4.90 Å². The Labute approximate surface area is 117 Å². The molecule has 0 radical (unpaired) electrons. The Bertz CT molecular complexity index is 470. The summed E-state index contributed by atoms with van der Waals surface area (Å²) in [7, 11) is 0.857. The van der Waals surface area contributed by atoms with Crippen molar-refractivity contribution in [1.82, 2.24) is 9.80 Å². The summed E-state index contributed by atoms with van der Waals surface area (Å²) in [4.78, 5) is 4.80. The van der Waals surface area contributed by atoms with Crippen LogP contribution < -0.4 is 0 Å². The number of hydrogen-bond acceptors (Lipinski definition) is 3. The zero-order chi connectivity index (χ0) is 13.9. The highest BCUT2D eigenvalue weighted by Gasteiger charge is 2.15. The second kappa shape index (κ2) is 5.95. The van der Waals surface area contributed by atoms with Crippen LogP contribution >= 0.6 is 0 Å². The normalized spacial score (nSPS) is 18.1. The summed E-state index contributed by atoms with van der Waals surface area (Å²) in [5.74, 6) is 5.01. The minimum absolute atomic E-state index is 0.812. The summed E-state index contributed by atoms with van der Waals surface area (Å²) in [6.45, 7) is 12.2. The molecule has 1 saturated heterocycles. The zero-order valence-corrected chi connectivity index (χ0v) is 13.5. The first kappa shape index (κ1) is 14.4. The summed E-state index contributed by atoms with van der Waals surface area (Å²) in [5.41, 5.74) is 3.34. The van der Waals surface area contributed by atoms with E-state index in [9.17, 15) is 0 Å². The van der Waals surface area contributed by atoms with Crippen molar-refractivity contribution in [2.45, 2.75) is 26.2 Å². The van der Waals surface area contributed by atoms with Crippen LogP contribution in [0.2, 0.25) is 19.6 Å². The Hall–Kier alpha value is -1.02. The van der Waals surface area contributed by atoms with Crippen LogP contribution in [0.4, 0.5) is 0 Å². The minimum atomic E-state index is -1.32. The monoisotopic (exact) mass is 276 g/mol. The van der Waals surface area contributed by atoms with Crippen molar-refractivity contribution in [2.24, 2.45) is 0 Å². The highest BCUT2D eigenvalue weighted by Crippen LogP contribution is 2.11. The first-order chi connectivity index (χ1) is 8.92. The van der Waals surface area contributed by atoms with Gasteiger partial charge in [0.05, 0.1) is 6.54 Å². The molecule has 0 saturated carbocycles. The van der Waals surface area contributed by atoms with Crippen molar-refractivity contribution in [1.29, 1.82) is 0 Å². The molecular formula is C15H24N2OSi. The molecule has 1 fully saturated rings. The van der Waals surface area contributed by atoms with Gasteiger partial charge in [-0.2, -0.15) is 0 Å². The summed E-state index contributed by atoms with van der Waals surface area (Å²) >= 11 is 0. The summed E-state index contributed by atoms with van der Waals surface area (Å²) < 4.78 is 5.80. The SMILES string of the molecule is CN1CCN(Cc2ccc(C#C[Si](C)(C)C)o2)CC1. The standard InChI is InChI=1S/C15H24N2OSi/c1-16-8-10-17(11-9-16)13-15-6-5-14(18-15)7-12-19(2,3)4/h5-6H,8-11,13H2,1-4H3. The number of rotatable bonds is 2. The van der Waals surface area contributed by atoms with E-state index in [0.29, 0.717) is 0 Å². The van der Waals surface area contributed by atoms with Crippen LogP contribution in [0.3, 0.4) is 0 Å². The van der Waals surface area contributed by atoms with Crippen LogP contribution in [0.5, 0.6) is 0 Å². The molecule has 1 aromatic heterocycles. The van der Waals surface area contributed by atoms with Gasteiger partial charge < -0.3 is 9.32 Å². The van der Waals surface area contributed by atoms with Gasteiger partial charge in [0.2, 0.25) is 0 Å². The molecule has 19 heavy (non-hydrogen) atoms. The molecule has 2 rings (SSSR count). The predicted molar refractivity (Wildman–Crippen MR) is 81.7 cm³/mol. The van der Waals surface area contributed by atoms with E-state index < -0.39 is 8.07 Å². The number of nitrogens with zero attached hydrogens (tertiary/aromatic N) is 2. The molecule has 0 N–H and O–H groups in total. The first-order valence-electron chi connectivity index (χ1n) is 6.95.